The lowest BCUT2D eigenvalue weighted by atomic mass is 9.95. The summed E-state index contributed by atoms with van der Waals surface area (Å²) in [6.07, 6.45) is -1.70. The minimum absolute atomic E-state index is 0.129. The third-order valence-electron chi connectivity index (χ3n) is 5.58. The van der Waals surface area contributed by atoms with E-state index in [-0.39, 0.29) is 28.8 Å². The number of carbonyl (C=O) groups excluding carboxylic acids is 2. The SMILES string of the molecule is Cc1cc(/C(O)=C2\C(=O)C(=O)N(Cc3cccc(C(F)(F)F)c3)C2c2cccnc2)ccc1F. The topological polar surface area (TPSA) is 70.5 Å². The zero-order valence-corrected chi connectivity index (χ0v) is 17.8. The maximum atomic E-state index is 13.7. The van der Waals surface area contributed by atoms with E-state index in [2.05, 4.69) is 4.98 Å². The lowest BCUT2D eigenvalue weighted by molar-refractivity contribution is -0.140. The highest BCUT2D eigenvalue weighted by Crippen LogP contribution is 2.40. The van der Waals surface area contributed by atoms with Gasteiger partial charge in [0.05, 0.1) is 17.2 Å². The van der Waals surface area contributed by atoms with Crippen molar-refractivity contribution < 1.29 is 32.3 Å². The molecule has 0 spiro atoms. The number of alkyl halides is 3. The van der Waals surface area contributed by atoms with Crippen LogP contribution in [-0.2, 0) is 22.3 Å². The Balaban J connectivity index is 1.83. The number of aryl methyl sites for hydroxylation is 1. The van der Waals surface area contributed by atoms with Crippen LogP contribution in [0.15, 0.2) is 72.6 Å². The van der Waals surface area contributed by atoms with Crippen molar-refractivity contribution in [3.05, 3.63) is 106 Å². The Bertz CT molecular complexity index is 1300. The first-order chi connectivity index (χ1) is 16.1. The van der Waals surface area contributed by atoms with Crippen LogP contribution in [0, 0.1) is 12.7 Å². The van der Waals surface area contributed by atoms with Crippen molar-refractivity contribution >= 4 is 17.4 Å². The van der Waals surface area contributed by atoms with Gasteiger partial charge in [0, 0.05) is 24.5 Å². The average molecular weight is 470 g/mol. The molecule has 4 rings (SSSR count). The van der Waals surface area contributed by atoms with Crippen LogP contribution in [0.3, 0.4) is 0 Å². The summed E-state index contributed by atoms with van der Waals surface area (Å²) >= 11 is 0. The Hall–Kier alpha value is -4.01. The van der Waals surface area contributed by atoms with Gasteiger partial charge in [0.15, 0.2) is 0 Å². The maximum absolute atomic E-state index is 13.7. The van der Waals surface area contributed by atoms with Gasteiger partial charge >= 0.3 is 6.18 Å². The van der Waals surface area contributed by atoms with Gasteiger partial charge in [-0.05, 0) is 60.0 Å². The van der Waals surface area contributed by atoms with Crippen LogP contribution >= 0.6 is 0 Å². The molecule has 1 N–H and O–H groups in total. The van der Waals surface area contributed by atoms with E-state index in [0.717, 1.165) is 23.1 Å². The number of carbonyl (C=O) groups is 2. The minimum atomic E-state index is -4.58. The standard InChI is InChI=1S/C25H18F4N2O3/c1-14-10-16(7-8-19(14)26)22(32)20-21(17-5-3-9-30-12-17)31(24(34)23(20)33)13-15-4-2-6-18(11-15)25(27,28)29/h2-12,21,32H,13H2,1H3/b22-20+. The summed E-state index contributed by atoms with van der Waals surface area (Å²) in [5, 5.41) is 11.0. The number of hydrogen-bond donors (Lipinski definition) is 1. The zero-order valence-electron chi connectivity index (χ0n) is 17.8. The van der Waals surface area contributed by atoms with Crippen molar-refractivity contribution in [3.8, 4) is 0 Å². The molecular formula is C25H18F4N2O3. The second-order valence-electron chi connectivity index (χ2n) is 7.88. The Morgan fingerprint density at radius 2 is 1.85 bits per heavy atom. The molecule has 34 heavy (non-hydrogen) atoms. The molecule has 1 aliphatic rings. The average Bonchev–Trinajstić information content (AvgIpc) is 3.05. The molecule has 0 saturated carbocycles. The smallest absolute Gasteiger partial charge is 0.416 e. The van der Waals surface area contributed by atoms with Crippen molar-refractivity contribution in [2.75, 3.05) is 0 Å². The number of Topliss-reactive ketones (excluding diaryl/α,β-unsaturated/α-hetero) is 1. The number of likely N-dealkylation sites (tertiary alicyclic amines) is 1. The summed E-state index contributed by atoms with van der Waals surface area (Å²) in [5.74, 6) is -3.00. The molecule has 2 aromatic carbocycles. The molecule has 2 heterocycles. The van der Waals surface area contributed by atoms with Gasteiger partial charge < -0.3 is 10.0 Å². The number of aromatic nitrogens is 1. The number of rotatable bonds is 4. The molecule has 5 nitrogen and oxygen atoms in total. The fourth-order valence-electron chi connectivity index (χ4n) is 3.92. The molecule has 1 atom stereocenters. The van der Waals surface area contributed by atoms with Gasteiger partial charge in [0.2, 0.25) is 0 Å². The highest BCUT2D eigenvalue weighted by molar-refractivity contribution is 6.46. The first kappa shape index (κ1) is 23.2. The fraction of sp³-hybridized carbons (Fsp3) is 0.160. The number of nitrogens with zero attached hydrogens (tertiary/aromatic N) is 2. The number of amides is 1. The van der Waals surface area contributed by atoms with E-state index in [1.165, 1.54) is 43.6 Å². The number of ketones is 1. The van der Waals surface area contributed by atoms with Gasteiger partial charge in [0.1, 0.15) is 11.6 Å². The predicted octanol–water partition coefficient (Wildman–Crippen LogP) is 5.17. The summed E-state index contributed by atoms with van der Waals surface area (Å²) in [6.45, 7) is 1.17. The minimum Gasteiger partial charge on any atom is -0.507 e. The van der Waals surface area contributed by atoms with Gasteiger partial charge in [-0.2, -0.15) is 13.2 Å². The highest BCUT2D eigenvalue weighted by Gasteiger charge is 2.46. The van der Waals surface area contributed by atoms with Crippen molar-refractivity contribution in [2.45, 2.75) is 25.7 Å². The van der Waals surface area contributed by atoms with Crippen LogP contribution in [0.4, 0.5) is 17.6 Å². The quantitative estimate of drug-likeness (QED) is 0.247. The molecule has 0 aliphatic carbocycles. The van der Waals surface area contributed by atoms with Gasteiger partial charge in [-0.3, -0.25) is 14.6 Å². The van der Waals surface area contributed by atoms with E-state index in [1.807, 2.05) is 0 Å². The van der Waals surface area contributed by atoms with Crippen LogP contribution in [0.5, 0.6) is 0 Å². The van der Waals surface area contributed by atoms with E-state index in [0.29, 0.717) is 5.56 Å². The number of benzene rings is 2. The second kappa shape index (κ2) is 8.74. The van der Waals surface area contributed by atoms with Crippen LogP contribution in [0.1, 0.15) is 33.9 Å². The Morgan fingerprint density at radius 3 is 2.50 bits per heavy atom. The lowest BCUT2D eigenvalue weighted by Crippen LogP contribution is -2.29. The third-order valence-corrected chi connectivity index (χ3v) is 5.58. The monoisotopic (exact) mass is 470 g/mol. The largest absolute Gasteiger partial charge is 0.507 e. The van der Waals surface area contributed by atoms with Crippen LogP contribution in [0.2, 0.25) is 0 Å². The number of aliphatic hydroxyl groups excluding tert-OH is 1. The van der Waals surface area contributed by atoms with Gasteiger partial charge in [-0.15, -0.1) is 0 Å². The molecule has 1 aliphatic heterocycles. The summed E-state index contributed by atoms with van der Waals surface area (Å²) in [5.41, 5.74) is -0.250. The van der Waals surface area contributed by atoms with Crippen molar-refractivity contribution in [1.29, 1.82) is 0 Å². The predicted molar refractivity (Wildman–Crippen MR) is 115 cm³/mol. The number of halogens is 4. The van der Waals surface area contributed by atoms with Crippen LogP contribution in [-0.4, -0.2) is 26.7 Å². The maximum Gasteiger partial charge on any atom is 0.416 e. The van der Waals surface area contributed by atoms with Crippen molar-refractivity contribution in [3.63, 3.8) is 0 Å². The summed E-state index contributed by atoms with van der Waals surface area (Å²) < 4.78 is 53.2. The molecule has 3 aromatic rings. The van der Waals surface area contributed by atoms with Crippen molar-refractivity contribution in [1.82, 2.24) is 9.88 Å². The van der Waals surface area contributed by atoms with Crippen LogP contribution < -0.4 is 0 Å². The van der Waals surface area contributed by atoms with Gasteiger partial charge in [-0.25, -0.2) is 4.39 Å². The molecule has 0 bridgehead atoms. The molecule has 9 heteroatoms. The van der Waals surface area contributed by atoms with E-state index in [4.69, 9.17) is 0 Å². The van der Waals surface area contributed by atoms with E-state index < -0.39 is 41.0 Å². The lowest BCUT2D eigenvalue weighted by Gasteiger charge is -2.25. The Morgan fingerprint density at radius 1 is 1.09 bits per heavy atom. The number of aliphatic hydroxyl groups is 1. The highest BCUT2D eigenvalue weighted by atomic mass is 19.4. The summed E-state index contributed by atoms with van der Waals surface area (Å²) in [7, 11) is 0. The van der Waals surface area contributed by atoms with E-state index in [9.17, 15) is 32.3 Å². The third kappa shape index (κ3) is 4.28. The number of hydrogen-bond acceptors (Lipinski definition) is 4. The first-order valence-corrected chi connectivity index (χ1v) is 10.2. The molecule has 174 valence electrons. The van der Waals surface area contributed by atoms with Crippen LogP contribution in [0.25, 0.3) is 5.76 Å². The molecule has 1 fully saturated rings. The Labute approximate surface area is 192 Å². The normalized spacial score (nSPS) is 17.9. The molecule has 1 aromatic heterocycles. The Kier molecular flexibility index (Phi) is 5.95. The van der Waals surface area contributed by atoms with Gasteiger partial charge in [-0.1, -0.05) is 18.2 Å². The first-order valence-electron chi connectivity index (χ1n) is 10.2. The molecule has 1 amide bonds. The number of pyridine rings is 1. The molecular weight excluding hydrogens is 452 g/mol. The molecule has 1 saturated heterocycles. The fourth-order valence-corrected chi connectivity index (χ4v) is 3.92. The summed E-state index contributed by atoms with van der Waals surface area (Å²) in [6, 6.07) is 10.2. The van der Waals surface area contributed by atoms with Gasteiger partial charge in [0.25, 0.3) is 11.7 Å². The second-order valence-corrected chi connectivity index (χ2v) is 7.88. The molecule has 0 radical (unpaired) electrons. The van der Waals surface area contributed by atoms with E-state index in [1.54, 1.807) is 12.1 Å². The van der Waals surface area contributed by atoms with Crippen molar-refractivity contribution in [2.24, 2.45) is 0 Å². The molecule has 1 unspecified atom stereocenters. The zero-order chi connectivity index (χ0) is 24.6. The van der Waals surface area contributed by atoms with E-state index >= 15 is 0 Å². The summed E-state index contributed by atoms with van der Waals surface area (Å²) in [4.78, 5) is 31.1.